The maximum Gasteiger partial charge on any atom is 0.278 e. The Bertz CT molecular complexity index is 529. The van der Waals surface area contributed by atoms with Crippen LogP contribution in [0, 0.1) is 0 Å². The van der Waals surface area contributed by atoms with Gasteiger partial charge >= 0.3 is 0 Å². The van der Waals surface area contributed by atoms with Gasteiger partial charge in [0.05, 0.1) is 25.8 Å². The van der Waals surface area contributed by atoms with Gasteiger partial charge in [0.15, 0.2) is 13.1 Å². The molecule has 1 atom stereocenters. The molecule has 2 rings (SSSR count). The number of carbonyl (C=O) groups excluding carboxylic acids is 2. The Morgan fingerprint density at radius 3 is 2.50 bits per heavy atom. The number of hydrogen-bond acceptors (Lipinski definition) is 3. The number of quaternary nitrogens is 1. The largest absolute Gasteiger partial charge is 0.351 e. The summed E-state index contributed by atoms with van der Waals surface area (Å²) in [6, 6.07) is 6.01. The smallest absolute Gasteiger partial charge is 0.278 e. The minimum Gasteiger partial charge on any atom is -0.351 e. The van der Waals surface area contributed by atoms with E-state index in [-0.39, 0.29) is 11.8 Å². The van der Waals surface area contributed by atoms with Gasteiger partial charge in [0.1, 0.15) is 13.1 Å². The fraction of sp³-hybridized carbons (Fsp3) is 0.588. The molecule has 1 saturated heterocycles. The molecule has 1 aromatic heterocycles. The summed E-state index contributed by atoms with van der Waals surface area (Å²) < 4.78 is 0. The van der Waals surface area contributed by atoms with Gasteiger partial charge in [-0.3, -0.25) is 14.5 Å². The maximum absolute atomic E-state index is 12.5. The molecule has 1 unspecified atom stereocenters. The van der Waals surface area contributed by atoms with Crippen molar-refractivity contribution in [3.8, 4) is 0 Å². The number of likely N-dealkylation sites (N-methyl/N-ethyl adjacent to an activating group) is 2. The number of piperazine rings is 1. The van der Waals surface area contributed by atoms with E-state index in [1.54, 1.807) is 0 Å². The zero-order valence-electron chi connectivity index (χ0n) is 14.7. The molecule has 1 aliphatic rings. The zero-order chi connectivity index (χ0) is 17.4. The summed E-state index contributed by atoms with van der Waals surface area (Å²) in [7, 11) is 0. The molecule has 0 bridgehead atoms. The third kappa shape index (κ3) is 5.19. The van der Waals surface area contributed by atoms with Crippen molar-refractivity contribution in [1.82, 2.24) is 10.2 Å². The van der Waals surface area contributed by atoms with E-state index in [2.05, 4.69) is 15.2 Å². The first kappa shape index (κ1) is 18.2. The van der Waals surface area contributed by atoms with Crippen molar-refractivity contribution >= 4 is 17.6 Å². The number of rotatable bonds is 7. The molecule has 1 fully saturated rings. The van der Waals surface area contributed by atoms with Gasteiger partial charge < -0.3 is 15.1 Å². The summed E-state index contributed by atoms with van der Waals surface area (Å²) >= 11 is 0. The van der Waals surface area contributed by atoms with Crippen LogP contribution < -0.4 is 20.1 Å². The monoisotopic (exact) mass is 335 g/mol. The molecule has 2 heterocycles. The highest BCUT2D eigenvalue weighted by atomic mass is 16.2. The molecule has 7 nitrogen and oxygen atoms in total. The topological polar surface area (TPSA) is 71.2 Å². The van der Waals surface area contributed by atoms with Crippen molar-refractivity contribution in [3.05, 3.63) is 24.4 Å². The number of aromatic amines is 1. The van der Waals surface area contributed by atoms with Gasteiger partial charge in [0.2, 0.25) is 0 Å². The van der Waals surface area contributed by atoms with Crippen molar-refractivity contribution in [2.75, 3.05) is 57.3 Å². The Labute approximate surface area is 143 Å². The predicted molar refractivity (Wildman–Crippen MR) is 91.7 cm³/mol. The number of carbonyl (C=O) groups is 2. The molecule has 132 valence electrons. The van der Waals surface area contributed by atoms with Gasteiger partial charge in [-0.25, -0.2) is 4.98 Å². The van der Waals surface area contributed by atoms with Crippen molar-refractivity contribution in [2.45, 2.75) is 13.8 Å². The minimum atomic E-state index is 0.00610. The second-order valence-electron chi connectivity index (χ2n) is 6.03. The van der Waals surface area contributed by atoms with Crippen molar-refractivity contribution in [1.29, 1.82) is 0 Å². The van der Waals surface area contributed by atoms with Gasteiger partial charge in [0, 0.05) is 12.6 Å². The number of hydrogen-bond donors (Lipinski definition) is 2. The summed E-state index contributed by atoms with van der Waals surface area (Å²) in [6.45, 7) is 9.13. The van der Waals surface area contributed by atoms with Crippen LogP contribution in [-0.2, 0) is 9.59 Å². The van der Waals surface area contributed by atoms with Gasteiger partial charge in [-0.05, 0) is 19.9 Å². The zero-order valence-corrected chi connectivity index (χ0v) is 14.7. The molecule has 0 spiro atoms. The van der Waals surface area contributed by atoms with E-state index in [1.165, 1.54) is 0 Å². The average Bonchev–Trinajstić information content (AvgIpc) is 2.62. The first-order valence-corrected chi connectivity index (χ1v) is 8.73. The Morgan fingerprint density at radius 1 is 1.17 bits per heavy atom. The van der Waals surface area contributed by atoms with Crippen LogP contribution in [0.1, 0.15) is 13.8 Å². The molecule has 3 N–H and O–H groups in total. The highest BCUT2D eigenvalue weighted by molar-refractivity contribution is 5.79. The number of H-pyrrole nitrogens is 1. The lowest BCUT2D eigenvalue weighted by Gasteiger charge is -2.31. The number of nitrogens with one attached hydrogen (secondary N) is 3. The van der Waals surface area contributed by atoms with Crippen LogP contribution in [0.5, 0.6) is 0 Å². The van der Waals surface area contributed by atoms with E-state index in [1.807, 2.05) is 43.1 Å². The SMILES string of the molecule is CCNC(=O)C[NH+](CC)CC(=O)N1CCN(c2cccc[nH+]2)CC1. The Morgan fingerprint density at radius 2 is 1.92 bits per heavy atom. The second-order valence-corrected chi connectivity index (χ2v) is 6.03. The molecule has 0 aliphatic carbocycles. The van der Waals surface area contributed by atoms with Gasteiger partial charge in [-0.1, -0.05) is 6.07 Å². The number of aromatic nitrogens is 1. The standard InChI is InChI=1S/C17H27N5O2/c1-3-18-16(23)13-20(4-2)14-17(24)22-11-9-21(10-12-22)15-7-5-6-8-19-15/h5-8H,3-4,9-14H2,1-2H3,(H,18,23)/p+2. The molecule has 0 radical (unpaired) electrons. The molecule has 7 heteroatoms. The van der Waals surface area contributed by atoms with Gasteiger partial charge in [-0.2, -0.15) is 0 Å². The van der Waals surface area contributed by atoms with Crippen LogP contribution in [0.2, 0.25) is 0 Å². The fourth-order valence-electron chi connectivity index (χ4n) is 2.90. The minimum absolute atomic E-state index is 0.00610. The molecule has 1 aliphatic heterocycles. The molecule has 0 saturated carbocycles. The summed E-state index contributed by atoms with van der Waals surface area (Å²) in [6.07, 6.45) is 1.91. The number of anilines is 1. The van der Waals surface area contributed by atoms with Crippen molar-refractivity contribution < 1.29 is 19.5 Å². The Kier molecular flexibility index (Phi) is 6.99. The number of nitrogens with zero attached hydrogens (tertiary/aromatic N) is 2. The lowest BCUT2D eigenvalue weighted by atomic mass is 10.3. The summed E-state index contributed by atoms with van der Waals surface area (Å²) in [5, 5.41) is 2.79. The van der Waals surface area contributed by atoms with Crippen LogP contribution in [0.4, 0.5) is 5.82 Å². The predicted octanol–water partition coefficient (Wildman–Crippen LogP) is -1.81. The van der Waals surface area contributed by atoms with E-state index in [4.69, 9.17) is 0 Å². The highest BCUT2D eigenvalue weighted by Crippen LogP contribution is 2.09. The van der Waals surface area contributed by atoms with Crippen LogP contribution in [0.3, 0.4) is 0 Å². The first-order chi connectivity index (χ1) is 11.6. The number of pyridine rings is 1. The molecule has 1 aromatic rings. The van der Waals surface area contributed by atoms with Gasteiger partial charge in [0.25, 0.3) is 17.6 Å². The third-order valence-corrected chi connectivity index (χ3v) is 4.35. The third-order valence-electron chi connectivity index (χ3n) is 4.35. The lowest BCUT2D eigenvalue weighted by Crippen LogP contribution is -3.14. The lowest BCUT2D eigenvalue weighted by molar-refractivity contribution is -0.882. The molecule has 0 aromatic carbocycles. The van der Waals surface area contributed by atoms with Crippen molar-refractivity contribution in [3.63, 3.8) is 0 Å². The van der Waals surface area contributed by atoms with Crippen molar-refractivity contribution in [2.24, 2.45) is 0 Å². The second kappa shape index (κ2) is 9.22. The summed E-state index contributed by atoms with van der Waals surface area (Å²) in [5.74, 6) is 1.22. The van der Waals surface area contributed by atoms with Crippen LogP contribution in [0.25, 0.3) is 0 Å². The molecular weight excluding hydrogens is 306 g/mol. The van der Waals surface area contributed by atoms with Crippen LogP contribution in [-0.4, -0.2) is 69.1 Å². The van der Waals surface area contributed by atoms with E-state index in [9.17, 15) is 9.59 Å². The Balaban J connectivity index is 1.80. The van der Waals surface area contributed by atoms with E-state index < -0.39 is 0 Å². The summed E-state index contributed by atoms with van der Waals surface area (Å²) in [5.41, 5.74) is 0. The van der Waals surface area contributed by atoms with E-state index >= 15 is 0 Å². The quantitative estimate of drug-likeness (QED) is 0.617. The number of amides is 2. The fourth-order valence-corrected chi connectivity index (χ4v) is 2.90. The highest BCUT2D eigenvalue weighted by Gasteiger charge is 2.28. The normalized spacial score (nSPS) is 15.9. The van der Waals surface area contributed by atoms with E-state index in [0.29, 0.717) is 19.6 Å². The van der Waals surface area contributed by atoms with Crippen LogP contribution in [0.15, 0.2) is 24.4 Å². The Hall–Kier alpha value is -2.15. The van der Waals surface area contributed by atoms with Gasteiger partial charge in [-0.15, -0.1) is 0 Å². The molecule has 24 heavy (non-hydrogen) atoms. The first-order valence-electron chi connectivity index (χ1n) is 8.73. The summed E-state index contributed by atoms with van der Waals surface area (Å²) in [4.78, 5) is 32.6. The molecule has 2 amide bonds. The van der Waals surface area contributed by atoms with E-state index in [0.717, 1.165) is 43.4 Å². The van der Waals surface area contributed by atoms with Crippen LogP contribution >= 0.6 is 0 Å². The average molecular weight is 335 g/mol. The molecular formula is C17H29N5O2+2. The maximum atomic E-state index is 12.5.